The molecule has 2 rings (SSSR count). The van der Waals surface area contributed by atoms with Crippen molar-refractivity contribution in [2.75, 3.05) is 7.11 Å². The zero-order chi connectivity index (χ0) is 15.4. The molecule has 114 valence electrons. The number of hydrogen-bond acceptors (Lipinski definition) is 4. The second kappa shape index (κ2) is 6.72. The van der Waals surface area contributed by atoms with Gasteiger partial charge in [-0.25, -0.2) is 4.79 Å². The first-order valence-corrected chi connectivity index (χ1v) is 7.15. The molecule has 1 amide bonds. The minimum atomic E-state index is -0.628. The third-order valence-corrected chi connectivity index (χ3v) is 3.94. The average molecular weight is 291 g/mol. The summed E-state index contributed by atoms with van der Waals surface area (Å²) < 4.78 is 10.1. The van der Waals surface area contributed by atoms with Gasteiger partial charge in [0, 0.05) is 5.56 Å². The van der Waals surface area contributed by atoms with Gasteiger partial charge in [0.25, 0.3) is 5.91 Å². The largest absolute Gasteiger partial charge is 0.467 e. The van der Waals surface area contributed by atoms with Crippen molar-refractivity contribution >= 4 is 11.9 Å². The van der Waals surface area contributed by atoms with Gasteiger partial charge in [-0.05, 0) is 29.2 Å². The number of hydrogen-bond donors (Lipinski definition) is 1. The Hall–Kier alpha value is -1.88. The van der Waals surface area contributed by atoms with Crippen LogP contribution < -0.4 is 5.32 Å². The van der Waals surface area contributed by atoms with E-state index in [1.165, 1.54) is 7.11 Å². The number of carbonyl (C=O) groups excluding carboxylic acids is 2. The van der Waals surface area contributed by atoms with Gasteiger partial charge in [0.15, 0.2) is 0 Å². The summed E-state index contributed by atoms with van der Waals surface area (Å²) in [5.41, 5.74) is 2.68. The monoisotopic (exact) mass is 291 g/mol. The quantitative estimate of drug-likeness (QED) is 0.843. The van der Waals surface area contributed by atoms with Gasteiger partial charge in [0.2, 0.25) is 0 Å². The van der Waals surface area contributed by atoms with Gasteiger partial charge < -0.3 is 14.8 Å². The number of fused-ring (bicyclic) bond motifs is 1. The van der Waals surface area contributed by atoms with Crippen LogP contribution in [-0.2, 0) is 27.5 Å². The van der Waals surface area contributed by atoms with E-state index >= 15 is 0 Å². The Bertz CT molecular complexity index is 541. The van der Waals surface area contributed by atoms with E-state index in [0.29, 0.717) is 18.8 Å². The lowest BCUT2D eigenvalue weighted by Crippen LogP contribution is -2.45. The van der Waals surface area contributed by atoms with Crippen molar-refractivity contribution in [1.82, 2.24) is 5.32 Å². The Balaban J connectivity index is 2.13. The zero-order valence-corrected chi connectivity index (χ0v) is 12.6. The second-order valence-electron chi connectivity index (χ2n) is 5.34. The van der Waals surface area contributed by atoms with E-state index in [0.717, 1.165) is 17.5 Å². The lowest BCUT2D eigenvalue weighted by molar-refractivity contribution is -0.144. The number of nitrogens with one attached hydrogen (secondary N) is 1. The minimum absolute atomic E-state index is 0.0131. The first-order chi connectivity index (χ1) is 10.1. The fourth-order valence-electron chi connectivity index (χ4n) is 2.33. The molecule has 0 bridgehead atoms. The van der Waals surface area contributed by atoms with Crippen LogP contribution in [0.3, 0.4) is 0 Å². The van der Waals surface area contributed by atoms with Gasteiger partial charge in [0.05, 0.1) is 20.3 Å². The summed E-state index contributed by atoms with van der Waals surface area (Å²) in [7, 11) is 1.33. The summed E-state index contributed by atoms with van der Waals surface area (Å²) in [6, 6.07) is 4.85. The molecule has 1 aromatic rings. The predicted octanol–water partition coefficient (Wildman–Crippen LogP) is 2.03. The molecule has 1 aliphatic rings. The van der Waals surface area contributed by atoms with Crippen molar-refractivity contribution in [3.8, 4) is 0 Å². The first kappa shape index (κ1) is 15.5. The maximum Gasteiger partial charge on any atom is 0.328 e. The van der Waals surface area contributed by atoms with Crippen LogP contribution in [0.15, 0.2) is 18.2 Å². The molecule has 0 aromatic heterocycles. The molecule has 1 aromatic carbocycles. The SMILES string of the molecule is CCC(C)C(NC(=O)c1ccc2c(c1)COC2)C(=O)OC. The van der Waals surface area contributed by atoms with Crippen LogP contribution in [0.1, 0.15) is 41.8 Å². The molecule has 2 atom stereocenters. The number of amides is 1. The maximum atomic E-state index is 12.3. The molecule has 2 unspecified atom stereocenters. The first-order valence-electron chi connectivity index (χ1n) is 7.15. The molecule has 1 aliphatic heterocycles. The summed E-state index contributed by atoms with van der Waals surface area (Å²) in [6.07, 6.45) is 0.776. The highest BCUT2D eigenvalue weighted by Gasteiger charge is 2.27. The normalized spacial score (nSPS) is 16.0. The Labute approximate surface area is 124 Å². The van der Waals surface area contributed by atoms with E-state index in [9.17, 15) is 9.59 Å². The molecular formula is C16H21NO4. The van der Waals surface area contributed by atoms with Crippen molar-refractivity contribution in [2.45, 2.75) is 39.5 Å². The number of methoxy groups -OCH3 is 1. The van der Waals surface area contributed by atoms with Crippen LogP contribution in [0.4, 0.5) is 0 Å². The van der Waals surface area contributed by atoms with Crippen LogP contribution in [-0.4, -0.2) is 25.0 Å². The standard InChI is InChI=1S/C16H21NO4/c1-4-10(2)14(16(19)20-3)17-15(18)11-5-6-12-8-21-9-13(12)7-11/h5-7,10,14H,4,8-9H2,1-3H3,(H,17,18). The molecule has 0 radical (unpaired) electrons. The Morgan fingerprint density at radius 3 is 2.71 bits per heavy atom. The van der Waals surface area contributed by atoms with Crippen LogP contribution in [0, 0.1) is 5.92 Å². The fraction of sp³-hybridized carbons (Fsp3) is 0.500. The summed E-state index contributed by atoms with van der Waals surface area (Å²) in [5.74, 6) is -0.665. The van der Waals surface area contributed by atoms with Gasteiger partial charge in [-0.1, -0.05) is 26.3 Å². The lowest BCUT2D eigenvalue weighted by Gasteiger charge is -2.21. The smallest absolute Gasteiger partial charge is 0.328 e. The molecule has 5 nitrogen and oxygen atoms in total. The molecule has 5 heteroatoms. The van der Waals surface area contributed by atoms with E-state index in [1.54, 1.807) is 6.07 Å². The van der Waals surface area contributed by atoms with E-state index < -0.39 is 12.0 Å². The number of benzene rings is 1. The molecule has 0 spiro atoms. The Morgan fingerprint density at radius 2 is 2.05 bits per heavy atom. The summed E-state index contributed by atoms with van der Waals surface area (Å²) in [5, 5.41) is 2.77. The van der Waals surface area contributed by atoms with Gasteiger partial charge in [-0.3, -0.25) is 4.79 Å². The van der Waals surface area contributed by atoms with Crippen LogP contribution in [0.2, 0.25) is 0 Å². The van der Waals surface area contributed by atoms with Crippen LogP contribution >= 0.6 is 0 Å². The van der Waals surface area contributed by atoms with Crippen LogP contribution in [0.5, 0.6) is 0 Å². The van der Waals surface area contributed by atoms with Gasteiger partial charge in [-0.2, -0.15) is 0 Å². The minimum Gasteiger partial charge on any atom is -0.467 e. The van der Waals surface area contributed by atoms with Crippen molar-refractivity contribution in [3.05, 3.63) is 34.9 Å². The van der Waals surface area contributed by atoms with E-state index in [-0.39, 0.29) is 11.8 Å². The zero-order valence-electron chi connectivity index (χ0n) is 12.6. The number of rotatable bonds is 5. The molecule has 0 saturated heterocycles. The number of carbonyl (C=O) groups is 2. The number of ether oxygens (including phenoxy) is 2. The van der Waals surface area contributed by atoms with E-state index in [1.807, 2.05) is 26.0 Å². The van der Waals surface area contributed by atoms with E-state index in [2.05, 4.69) is 5.32 Å². The highest BCUT2D eigenvalue weighted by Crippen LogP contribution is 2.21. The Kier molecular flexibility index (Phi) is 4.96. The van der Waals surface area contributed by atoms with Crippen LogP contribution in [0.25, 0.3) is 0 Å². The molecule has 0 saturated carbocycles. The van der Waals surface area contributed by atoms with Crippen molar-refractivity contribution in [1.29, 1.82) is 0 Å². The summed E-state index contributed by atoms with van der Waals surface area (Å²) in [6.45, 7) is 5.01. The van der Waals surface area contributed by atoms with Gasteiger partial charge in [-0.15, -0.1) is 0 Å². The highest BCUT2D eigenvalue weighted by atomic mass is 16.5. The van der Waals surface area contributed by atoms with Crippen molar-refractivity contribution in [3.63, 3.8) is 0 Å². The topological polar surface area (TPSA) is 64.6 Å². The summed E-state index contributed by atoms with van der Waals surface area (Å²) >= 11 is 0. The molecule has 1 heterocycles. The third-order valence-electron chi connectivity index (χ3n) is 3.94. The average Bonchev–Trinajstić information content (AvgIpc) is 2.98. The van der Waals surface area contributed by atoms with Gasteiger partial charge in [0.1, 0.15) is 6.04 Å². The molecule has 21 heavy (non-hydrogen) atoms. The van der Waals surface area contributed by atoms with Crippen molar-refractivity contribution < 1.29 is 19.1 Å². The van der Waals surface area contributed by atoms with E-state index in [4.69, 9.17) is 9.47 Å². The third kappa shape index (κ3) is 3.42. The summed E-state index contributed by atoms with van der Waals surface area (Å²) in [4.78, 5) is 24.1. The molecule has 1 N–H and O–H groups in total. The second-order valence-corrected chi connectivity index (χ2v) is 5.34. The predicted molar refractivity (Wildman–Crippen MR) is 77.7 cm³/mol. The Morgan fingerprint density at radius 1 is 1.33 bits per heavy atom. The molecule has 0 aliphatic carbocycles. The fourth-order valence-corrected chi connectivity index (χ4v) is 2.33. The maximum absolute atomic E-state index is 12.3. The lowest BCUT2D eigenvalue weighted by atomic mass is 9.98. The van der Waals surface area contributed by atoms with Gasteiger partial charge >= 0.3 is 5.97 Å². The molecule has 0 fully saturated rings. The number of esters is 1. The highest BCUT2D eigenvalue weighted by molar-refractivity contribution is 5.97. The molecular weight excluding hydrogens is 270 g/mol. The van der Waals surface area contributed by atoms with Crippen molar-refractivity contribution in [2.24, 2.45) is 5.92 Å².